The van der Waals surface area contributed by atoms with Crippen molar-refractivity contribution in [3.8, 4) is 17.2 Å². The fraction of sp³-hybridized carbons (Fsp3) is 0.350. The van der Waals surface area contributed by atoms with Gasteiger partial charge in [0.05, 0.1) is 23.9 Å². The summed E-state index contributed by atoms with van der Waals surface area (Å²) in [5.41, 5.74) is 1.78. The van der Waals surface area contributed by atoms with E-state index in [1.54, 1.807) is 17.1 Å². The Kier molecular flexibility index (Phi) is 8.99. The van der Waals surface area contributed by atoms with Crippen molar-refractivity contribution in [1.82, 2.24) is 35.0 Å². The number of nitrogens with one attached hydrogen (secondary N) is 3. The molecule has 3 aliphatic rings. The highest BCUT2D eigenvalue weighted by atomic mass is 19.1. The first-order valence-electron chi connectivity index (χ1n) is 18.7. The van der Waals surface area contributed by atoms with Gasteiger partial charge < -0.3 is 44.0 Å². The van der Waals surface area contributed by atoms with E-state index in [-0.39, 0.29) is 40.9 Å². The third kappa shape index (κ3) is 6.34. The maximum atomic E-state index is 16.5. The Morgan fingerprint density at radius 1 is 0.981 bits per heavy atom. The molecule has 0 aliphatic carbocycles. The van der Waals surface area contributed by atoms with Crippen molar-refractivity contribution >= 4 is 50.3 Å². The molecule has 2 amide bonds. The maximum absolute atomic E-state index is 16.5. The molecule has 1 atom stereocenters. The number of likely N-dealkylation sites (tertiary alicyclic amines) is 1. The van der Waals surface area contributed by atoms with E-state index < -0.39 is 17.2 Å². The molecule has 0 unspecified atom stereocenters. The van der Waals surface area contributed by atoms with Crippen LogP contribution in [0, 0.1) is 5.82 Å². The first-order valence-corrected chi connectivity index (χ1v) is 18.7. The molecule has 6 heterocycles. The minimum absolute atomic E-state index is 0.0389. The largest absolute Gasteiger partial charge is 0.456 e. The Balaban J connectivity index is 1.02. The number of hydrogen-bond donors (Lipinski definition) is 3. The van der Waals surface area contributed by atoms with Crippen LogP contribution in [0.25, 0.3) is 38.5 Å². The van der Waals surface area contributed by atoms with E-state index >= 15 is 4.39 Å². The standard InChI is InChI=1S/C40H41FN8O5/c41-30-18-28-36-39(37(30)48-15-8-25(22-48)45-35(50)21-42-9-5-14-47-16-10-43-24-47)54-34-19-27-26-6-1-2-7-32(26)53-33(27)20-31(34)49(36)23-29(38(28)51)40(52)44-11-17-46-12-3-4-13-46/h1-2,6-7,10,16,18-20,23-25,42H,3-5,8-9,11-15,17,21-22H2,(H,44,52)(H,45,50)/t25-/m1/s1. The highest BCUT2D eigenvalue weighted by Gasteiger charge is 2.34. The van der Waals surface area contributed by atoms with E-state index in [0.29, 0.717) is 67.3 Å². The van der Waals surface area contributed by atoms with Gasteiger partial charge in [-0.25, -0.2) is 9.37 Å². The fourth-order valence-corrected chi connectivity index (χ4v) is 8.08. The molecule has 6 aromatic rings. The topological polar surface area (TPSA) is 139 Å². The lowest BCUT2D eigenvalue weighted by molar-refractivity contribution is -0.120. The number of anilines is 1. The molecule has 2 saturated heterocycles. The second kappa shape index (κ2) is 14.3. The zero-order valence-corrected chi connectivity index (χ0v) is 29.8. The summed E-state index contributed by atoms with van der Waals surface area (Å²) in [5, 5.41) is 10.9. The summed E-state index contributed by atoms with van der Waals surface area (Å²) >= 11 is 0. The average Bonchev–Trinajstić information content (AvgIpc) is 4.00. The minimum Gasteiger partial charge on any atom is -0.456 e. The predicted molar refractivity (Wildman–Crippen MR) is 203 cm³/mol. The predicted octanol–water partition coefficient (Wildman–Crippen LogP) is 4.53. The summed E-state index contributed by atoms with van der Waals surface area (Å²) in [6.07, 6.45) is 10.7. The molecule has 3 aromatic heterocycles. The molecular weight excluding hydrogens is 691 g/mol. The molecule has 2 fully saturated rings. The highest BCUT2D eigenvalue weighted by molar-refractivity contribution is 6.07. The van der Waals surface area contributed by atoms with E-state index in [4.69, 9.17) is 9.15 Å². The maximum Gasteiger partial charge on any atom is 0.256 e. The number of furan rings is 1. The Morgan fingerprint density at radius 3 is 2.70 bits per heavy atom. The summed E-state index contributed by atoms with van der Waals surface area (Å²) < 4.78 is 33.0. The van der Waals surface area contributed by atoms with E-state index in [0.717, 1.165) is 49.7 Å². The number of benzene rings is 3. The number of carbonyl (C=O) groups excluding carboxylic acids is 2. The van der Waals surface area contributed by atoms with Gasteiger partial charge in [0, 0.05) is 74.2 Å². The van der Waals surface area contributed by atoms with E-state index in [2.05, 4.69) is 25.8 Å². The molecule has 0 saturated carbocycles. The zero-order chi connectivity index (χ0) is 36.8. The number of carbonyl (C=O) groups is 2. The van der Waals surface area contributed by atoms with Gasteiger partial charge in [-0.1, -0.05) is 18.2 Å². The van der Waals surface area contributed by atoms with Crippen molar-refractivity contribution in [2.45, 2.75) is 38.3 Å². The minimum atomic E-state index is -0.641. The van der Waals surface area contributed by atoms with Crippen LogP contribution < -0.4 is 31.0 Å². The van der Waals surface area contributed by atoms with Crippen molar-refractivity contribution in [3.63, 3.8) is 0 Å². The molecule has 278 valence electrons. The van der Waals surface area contributed by atoms with Gasteiger partial charge in [0.2, 0.25) is 11.3 Å². The smallest absolute Gasteiger partial charge is 0.256 e. The summed E-state index contributed by atoms with van der Waals surface area (Å²) in [4.78, 5) is 48.6. The van der Waals surface area contributed by atoms with Gasteiger partial charge in [-0.15, -0.1) is 0 Å². The number of pyridine rings is 1. The van der Waals surface area contributed by atoms with Gasteiger partial charge in [0.1, 0.15) is 27.9 Å². The molecule has 13 nitrogen and oxygen atoms in total. The van der Waals surface area contributed by atoms with Crippen molar-refractivity contribution in [3.05, 3.63) is 89.0 Å². The first kappa shape index (κ1) is 34.1. The number of fused-ring (bicyclic) bond motifs is 5. The number of amides is 2. The summed E-state index contributed by atoms with van der Waals surface area (Å²) in [7, 11) is 0. The number of rotatable bonds is 12. The molecule has 0 radical (unpaired) electrons. The van der Waals surface area contributed by atoms with Crippen molar-refractivity contribution in [2.75, 3.05) is 57.3 Å². The first-order chi connectivity index (χ1) is 26.4. The van der Waals surface area contributed by atoms with E-state index in [1.165, 1.54) is 12.3 Å². The van der Waals surface area contributed by atoms with Crippen LogP contribution in [0.2, 0.25) is 0 Å². The van der Waals surface area contributed by atoms with Crippen LogP contribution in [0.4, 0.5) is 10.1 Å². The summed E-state index contributed by atoms with van der Waals surface area (Å²) in [6.45, 7) is 5.54. The van der Waals surface area contributed by atoms with Crippen molar-refractivity contribution in [1.29, 1.82) is 0 Å². The molecule has 3 aliphatic heterocycles. The number of para-hydroxylation sites is 1. The van der Waals surface area contributed by atoms with Gasteiger partial charge in [0.25, 0.3) is 5.91 Å². The van der Waals surface area contributed by atoms with Crippen molar-refractivity contribution < 1.29 is 23.1 Å². The van der Waals surface area contributed by atoms with E-state index in [1.807, 2.05) is 52.1 Å². The number of aryl methyl sites for hydroxylation is 1. The Morgan fingerprint density at radius 2 is 1.85 bits per heavy atom. The van der Waals surface area contributed by atoms with Gasteiger partial charge in [0.15, 0.2) is 17.3 Å². The lowest BCUT2D eigenvalue weighted by atomic mass is 10.0. The van der Waals surface area contributed by atoms with Crippen LogP contribution in [0.3, 0.4) is 0 Å². The summed E-state index contributed by atoms with van der Waals surface area (Å²) in [6, 6.07) is 12.4. The molecular formula is C40H41FN8O5. The van der Waals surface area contributed by atoms with Crippen LogP contribution in [-0.4, -0.2) is 89.2 Å². The molecule has 3 N–H and O–H groups in total. The van der Waals surface area contributed by atoms with Crippen LogP contribution in [0.15, 0.2) is 76.6 Å². The Hall–Kier alpha value is -5.73. The second-order valence-electron chi connectivity index (χ2n) is 14.3. The van der Waals surface area contributed by atoms with Crippen LogP contribution in [0.5, 0.6) is 11.5 Å². The SMILES string of the molecule is O=C(CNCCCn1ccnc1)N[C@@H]1CCN(c2c(F)cc3c(=O)c(C(=O)NCCN4CCCC4)cn4c3c2Oc2cc3c(cc2-4)oc2ccccc23)C1. The molecule has 3 aromatic carbocycles. The van der Waals surface area contributed by atoms with Gasteiger partial charge in [-0.2, -0.15) is 0 Å². The average molecular weight is 733 g/mol. The molecule has 0 bridgehead atoms. The fourth-order valence-electron chi connectivity index (χ4n) is 8.08. The Labute approximate surface area is 309 Å². The monoisotopic (exact) mass is 732 g/mol. The summed E-state index contributed by atoms with van der Waals surface area (Å²) in [5.74, 6) is -0.667. The molecule has 54 heavy (non-hydrogen) atoms. The Bertz CT molecular complexity index is 2450. The number of aromatic nitrogens is 3. The number of hydrogen-bond acceptors (Lipinski definition) is 9. The highest BCUT2D eigenvalue weighted by Crippen LogP contribution is 2.49. The lowest BCUT2D eigenvalue weighted by Crippen LogP contribution is -2.42. The number of nitrogens with zero attached hydrogens (tertiary/aromatic N) is 5. The van der Waals surface area contributed by atoms with Gasteiger partial charge in [-0.05, 0) is 63.5 Å². The van der Waals surface area contributed by atoms with Crippen LogP contribution in [-0.2, 0) is 11.3 Å². The van der Waals surface area contributed by atoms with E-state index in [9.17, 15) is 14.4 Å². The molecule has 9 rings (SSSR count). The zero-order valence-electron chi connectivity index (χ0n) is 29.8. The molecule has 14 heteroatoms. The molecule has 0 spiro atoms. The third-order valence-corrected chi connectivity index (χ3v) is 10.7. The number of ether oxygens (including phenoxy) is 1. The number of imidazole rings is 1. The second-order valence-corrected chi connectivity index (χ2v) is 14.3. The van der Waals surface area contributed by atoms with Gasteiger partial charge in [-0.3, -0.25) is 14.4 Å². The van der Waals surface area contributed by atoms with Crippen LogP contribution >= 0.6 is 0 Å². The number of halogens is 1. The van der Waals surface area contributed by atoms with Gasteiger partial charge >= 0.3 is 0 Å². The lowest BCUT2D eigenvalue weighted by Gasteiger charge is -2.29. The third-order valence-electron chi connectivity index (χ3n) is 10.7. The van der Waals surface area contributed by atoms with Crippen LogP contribution in [0.1, 0.15) is 36.0 Å². The normalized spacial score (nSPS) is 16.7. The van der Waals surface area contributed by atoms with Crippen molar-refractivity contribution in [2.24, 2.45) is 0 Å². The quantitative estimate of drug-likeness (QED) is 0.155.